The maximum absolute atomic E-state index is 11.8. The number of carboxylic acid groups (broad SMARTS) is 1. The fourth-order valence-electron chi connectivity index (χ4n) is 3.15. The highest BCUT2D eigenvalue weighted by atomic mass is 16.6. The van der Waals surface area contributed by atoms with Gasteiger partial charge >= 0.3 is 23.9 Å². The number of rotatable bonds is 23. The zero-order valence-corrected chi connectivity index (χ0v) is 22.4. The number of aliphatic hydroxyl groups excluding tert-OH is 9. The average Bonchev–Trinajstić information content (AvgIpc) is 2.95. The molecule has 0 rings (SSSR count). The second-order valence-corrected chi connectivity index (χ2v) is 9.27. The molecule has 17 nitrogen and oxygen atoms in total. The smallest absolute Gasteiger partial charge is 0.305 e. The predicted molar refractivity (Wildman–Crippen MR) is 133 cm³/mol. The molecule has 0 aromatic heterocycles. The highest BCUT2D eigenvalue weighted by molar-refractivity contribution is 5.71. The summed E-state index contributed by atoms with van der Waals surface area (Å²) in [6, 6.07) is 0. The van der Waals surface area contributed by atoms with Gasteiger partial charge in [-0.25, -0.2) is 0 Å². The van der Waals surface area contributed by atoms with Crippen LogP contribution in [0.25, 0.3) is 0 Å². The van der Waals surface area contributed by atoms with E-state index >= 15 is 0 Å². The highest BCUT2D eigenvalue weighted by Crippen LogP contribution is 2.10. The summed E-state index contributed by atoms with van der Waals surface area (Å²) in [6.45, 7) is -3.02. The third-order valence-corrected chi connectivity index (χ3v) is 5.74. The number of carbonyl (C=O) groups excluding carboxylic acids is 3. The second-order valence-electron chi connectivity index (χ2n) is 9.27. The summed E-state index contributed by atoms with van der Waals surface area (Å²) in [6.07, 6.45) is -14.6. The van der Waals surface area contributed by atoms with E-state index in [1.807, 2.05) is 0 Å². The van der Waals surface area contributed by atoms with Crippen LogP contribution in [0.4, 0.5) is 0 Å². The molecular formula is C24H42O17. The summed E-state index contributed by atoms with van der Waals surface area (Å²) >= 11 is 0. The topological polar surface area (TPSA) is 298 Å². The van der Waals surface area contributed by atoms with Crippen molar-refractivity contribution >= 4 is 23.9 Å². The predicted octanol–water partition coefficient (Wildman–Crippen LogP) is -4.30. The molecule has 10 N–H and O–H groups in total. The molecular weight excluding hydrogens is 560 g/mol. The van der Waals surface area contributed by atoms with Gasteiger partial charge in [0.25, 0.3) is 0 Å². The Morgan fingerprint density at radius 3 is 1.00 bits per heavy atom. The lowest BCUT2D eigenvalue weighted by Crippen LogP contribution is -2.48. The van der Waals surface area contributed by atoms with Gasteiger partial charge in [-0.2, -0.15) is 0 Å². The van der Waals surface area contributed by atoms with Crippen molar-refractivity contribution in [1.82, 2.24) is 0 Å². The van der Waals surface area contributed by atoms with Crippen LogP contribution >= 0.6 is 0 Å². The van der Waals surface area contributed by atoms with Crippen molar-refractivity contribution in [2.24, 2.45) is 0 Å². The Morgan fingerprint density at radius 2 is 0.732 bits per heavy atom. The van der Waals surface area contributed by atoms with Gasteiger partial charge in [-0.05, 0) is 25.7 Å². The lowest BCUT2D eigenvalue weighted by molar-refractivity contribution is -0.162. The van der Waals surface area contributed by atoms with Crippen molar-refractivity contribution in [2.75, 3.05) is 26.4 Å². The first-order valence-electron chi connectivity index (χ1n) is 12.9. The Hall–Kier alpha value is -2.48. The van der Waals surface area contributed by atoms with E-state index in [1.54, 1.807) is 0 Å². The van der Waals surface area contributed by atoms with Crippen molar-refractivity contribution in [3.63, 3.8) is 0 Å². The summed E-state index contributed by atoms with van der Waals surface area (Å²) in [4.78, 5) is 45.5. The Kier molecular flexibility index (Phi) is 20.0. The molecule has 0 bridgehead atoms. The molecule has 0 aromatic carbocycles. The summed E-state index contributed by atoms with van der Waals surface area (Å²) in [5.74, 6) is -3.38. The van der Waals surface area contributed by atoms with Crippen molar-refractivity contribution in [3.8, 4) is 0 Å². The monoisotopic (exact) mass is 602 g/mol. The van der Waals surface area contributed by atoms with Gasteiger partial charge in [0.05, 0.1) is 6.61 Å². The number of esters is 3. The van der Waals surface area contributed by atoms with E-state index in [0.717, 1.165) is 0 Å². The minimum atomic E-state index is -1.97. The third kappa shape index (κ3) is 17.2. The molecule has 0 fully saturated rings. The van der Waals surface area contributed by atoms with Gasteiger partial charge < -0.3 is 65.3 Å². The third-order valence-electron chi connectivity index (χ3n) is 5.74. The van der Waals surface area contributed by atoms with Gasteiger partial charge in [0.15, 0.2) is 0 Å². The van der Waals surface area contributed by atoms with E-state index in [4.69, 9.17) is 24.4 Å². The number of hydrogen-bond acceptors (Lipinski definition) is 16. The van der Waals surface area contributed by atoms with Crippen LogP contribution in [0.1, 0.15) is 51.4 Å². The Balaban J connectivity index is 4.16. The maximum atomic E-state index is 11.8. The van der Waals surface area contributed by atoms with Crippen LogP contribution in [0.2, 0.25) is 0 Å². The molecule has 17 heteroatoms. The van der Waals surface area contributed by atoms with E-state index in [1.165, 1.54) is 0 Å². The van der Waals surface area contributed by atoms with Crippen LogP contribution < -0.4 is 0 Å². The molecule has 0 aromatic rings. The minimum absolute atomic E-state index is 0.116. The Bertz CT molecular complexity index is 777. The molecule has 0 heterocycles. The van der Waals surface area contributed by atoms with E-state index in [9.17, 15) is 60.0 Å². The van der Waals surface area contributed by atoms with Crippen LogP contribution in [0.15, 0.2) is 0 Å². The number of aliphatic carboxylic acids is 1. The van der Waals surface area contributed by atoms with Gasteiger partial charge in [0.2, 0.25) is 0 Å². The van der Waals surface area contributed by atoms with Crippen LogP contribution in [0.3, 0.4) is 0 Å². The van der Waals surface area contributed by atoms with Gasteiger partial charge in [0.1, 0.15) is 68.7 Å². The molecule has 0 aliphatic heterocycles. The zero-order valence-electron chi connectivity index (χ0n) is 22.4. The summed E-state index contributed by atoms with van der Waals surface area (Å²) in [5.41, 5.74) is 0. The molecule has 0 aliphatic rings. The average molecular weight is 603 g/mol. The minimum Gasteiger partial charge on any atom is -0.481 e. The van der Waals surface area contributed by atoms with E-state index < -0.39 is 99.1 Å². The zero-order chi connectivity index (χ0) is 31.5. The number of carboxylic acids is 1. The highest BCUT2D eigenvalue weighted by Gasteiger charge is 2.32. The Morgan fingerprint density at radius 1 is 0.463 bits per heavy atom. The Labute approximate surface area is 235 Å². The van der Waals surface area contributed by atoms with E-state index in [0.29, 0.717) is 0 Å². The normalized spacial score (nSPS) is 17.3. The van der Waals surface area contributed by atoms with E-state index in [-0.39, 0.29) is 51.4 Å². The maximum Gasteiger partial charge on any atom is 0.305 e. The summed E-state index contributed by atoms with van der Waals surface area (Å²) in [7, 11) is 0. The van der Waals surface area contributed by atoms with Crippen LogP contribution in [0.5, 0.6) is 0 Å². The first kappa shape index (κ1) is 38.5. The quantitative estimate of drug-likeness (QED) is 0.0300. The molecule has 0 saturated carbocycles. The molecule has 41 heavy (non-hydrogen) atoms. The molecule has 0 radical (unpaired) electrons. The van der Waals surface area contributed by atoms with Crippen LogP contribution in [-0.4, -0.2) is 150 Å². The number of aliphatic hydroxyl groups is 9. The fourth-order valence-corrected chi connectivity index (χ4v) is 3.15. The molecule has 0 spiro atoms. The molecule has 0 aliphatic carbocycles. The van der Waals surface area contributed by atoms with E-state index in [2.05, 4.69) is 0 Å². The fraction of sp³-hybridized carbons (Fsp3) is 0.833. The second kappa shape index (κ2) is 21.3. The summed E-state index contributed by atoms with van der Waals surface area (Å²) in [5, 5.41) is 95.0. The van der Waals surface area contributed by atoms with Gasteiger partial charge in [-0.15, -0.1) is 0 Å². The first-order chi connectivity index (χ1) is 19.2. The van der Waals surface area contributed by atoms with Gasteiger partial charge in [0, 0.05) is 25.7 Å². The number of hydrogen-bond donors (Lipinski definition) is 10. The number of ether oxygens (including phenoxy) is 3. The number of carbonyl (C=O) groups is 4. The molecule has 0 saturated heterocycles. The van der Waals surface area contributed by atoms with Crippen molar-refractivity contribution in [3.05, 3.63) is 0 Å². The SMILES string of the molecule is O=C(O)CCCCC(=O)OCC(O)C(O)C(O)C(O)COC(=O)CCCCC(=O)OCC(O)C(O)C(O)C(O)CO. The summed E-state index contributed by atoms with van der Waals surface area (Å²) < 4.78 is 14.2. The van der Waals surface area contributed by atoms with Gasteiger partial charge in [-0.3, -0.25) is 19.2 Å². The number of unbranched alkanes of at least 4 members (excludes halogenated alkanes) is 2. The molecule has 240 valence electrons. The largest absolute Gasteiger partial charge is 0.481 e. The lowest BCUT2D eigenvalue weighted by Gasteiger charge is -2.26. The van der Waals surface area contributed by atoms with Gasteiger partial charge in [-0.1, -0.05) is 0 Å². The standard InChI is InChI=1S/C24H42O17/c25-9-13(26)21(35)22(36)14(27)10-39-19(33)7-3-4-8-20(34)41-12-16(29)24(38)23(37)15(28)11-40-18(32)6-2-1-5-17(30)31/h13-16,21-29,35-38H,1-12H2,(H,30,31). The van der Waals surface area contributed by atoms with Crippen LogP contribution in [0, 0.1) is 0 Å². The van der Waals surface area contributed by atoms with Crippen LogP contribution in [-0.2, 0) is 33.4 Å². The lowest BCUT2D eigenvalue weighted by atomic mass is 10.0. The molecule has 8 unspecified atom stereocenters. The first-order valence-corrected chi connectivity index (χ1v) is 12.9. The van der Waals surface area contributed by atoms with Crippen molar-refractivity contribution in [1.29, 1.82) is 0 Å². The van der Waals surface area contributed by atoms with Crippen molar-refractivity contribution in [2.45, 2.75) is 100 Å². The molecule has 8 atom stereocenters. The van der Waals surface area contributed by atoms with Crippen molar-refractivity contribution < 1.29 is 84.5 Å². The molecule has 0 amide bonds.